The highest BCUT2D eigenvalue weighted by atomic mass is 32.2. The van der Waals surface area contributed by atoms with Crippen LogP contribution in [0, 0.1) is 6.92 Å². The fourth-order valence-corrected chi connectivity index (χ4v) is 2.94. The molecular formula is C18H21NO5S. The van der Waals surface area contributed by atoms with Crippen molar-refractivity contribution in [2.75, 3.05) is 20.0 Å². The zero-order valence-electron chi connectivity index (χ0n) is 14.5. The third kappa shape index (κ3) is 5.56. The third-order valence-electron chi connectivity index (χ3n) is 3.48. The summed E-state index contributed by atoms with van der Waals surface area (Å²) >= 11 is 1.42. The fourth-order valence-electron chi connectivity index (χ4n) is 2.21. The van der Waals surface area contributed by atoms with Gasteiger partial charge in [0.1, 0.15) is 22.8 Å². The maximum atomic E-state index is 11.9. The van der Waals surface area contributed by atoms with Gasteiger partial charge in [0.2, 0.25) is 5.91 Å². The molecule has 2 rings (SSSR count). The molecule has 1 N–H and O–H groups in total. The average Bonchev–Trinajstić information content (AvgIpc) is 3.00. The SMILES string of the molecule is COC(=O)c1cc(CSCC(=O)NCc2cccc(OC)c2)oc1C. The van der Waals surface area contributed by atoms with Gasteiger partial charge >= 0.3 is 5.97 Å². The maximum Gasteiger partial charge on any atom is 0.341 e. The molecule has 6 nitrogen and oxygen atoms in total. The third-order valence-corrected chi connectivity index (χ3v) is 4.43. The van der Waals surface area contributed by atoms with E-state index in [1.54, 1.807) is 20.1 Å². The molecule has 0 aliphatic carbocycles. The van der Waals surface area contributed by atoms with Crippen molar-refractivity contribution in [2.24, 2.45) is 0 Å². The molecule has 1 aromatic carbocycles. The van der Waals surface area contributed by atoms with Crippen LogP contribution in [0.3, 0.4) is 0 Å². The van der Waals surface area contributed by atoms with Crippen molar-refractivity contribution < 1.29 is 23.5 Å². The number of nitrogens with one attached hydrogen (secondary N) is 1. The molecule has 0 radical (unpaired) electrons. The number of hydrogen-bond acceptors (Lipinski definition) is 6. The van der Waals surface area contributed by atoms with E-state index in [0.717, 1.165) is 11.3 Å². The second-order valence-electron chi connectivity index (χ2n) is 5.30. The van der Waals surface area contributed by atoms with Gasteiger partial charge in [0, 0.05) is 6.54 Å². The Bertz CT molecular complexity index is 741. The molecule has 0 aliphatic heterocycles. The van der Waals surface area contributed by atoms with Gasteiger partial charge in [-0.05, 0) is 30.7 Å². The van der Waals surface area contributed by atoms with E-state index < -0.39 is 5.97 Å². The number of ether oxygens (including phenoxy) is 2. The minimum absolute atomic E-state index is 0.0655. The van der Waals surface area contributed by atoms with E-state index in [1.807, 2.05) is 24.3 Å². The largest absolute Gasteiger partial charge is 0.497 e. The zero-order chi connectivity index (χ0) is 18.2. The average molecular weight is 363 g/mol. The van der Waals surface area contributed by atoms with Gasteiger partial charge in [0.25, 0.3) is 0 Å². The molecule has 0 unspecified atom stereocenters. The summed E-state index contributed by atoms with van der Waals surface area (Å²) in [5.74, 6) is 2.24. The molecule has 1 heterocycles. The summed E-state index contributed by atoms with van der Waals surface area (Å²) in [6.45, 7) is 2.16. The number of furan rings is 1. The van der Waals surface area contributed by atoms with E-state index in [0.29, 0.717) is 35.1 Å². The quantitative estimate of drug-likeness (QED) is 0.727. The Hall–Kier alpha value is -2.41. The molecule has 25 heavy (non-hydrogen) atoms. The monoisotopic (exact) mass is 363 g/mol. The molecular weight excluding hydrogens is 342 g/mol. The minimum atomic E-state index is -0.423. The summed E-state index contributed by atoms with van der Waals surface area (Å²) in [6, 6.07) is 9.20. The van der Waals surface area contributed by atoms with Crippen LogP contribution in [-0.2, 0) is 21.8 Å². The van der Waals surface area contributed by atoms with E-state index in [-0.39, 0.29) is 5.91 Å². The molecule has 0 saturated carbocycles. The van der Waals surface area contributed by atoms with Crippen LogP contribution in [0.5, 0.6) is 5.75 Å². The number of benzene rings is 1. The van der Waals surface area contributed by atoms with E-state index >= 15 is 0 Å². The highest BCUT2D eigenvalue weighted by Crippen LogP contribution is 2.20. The van der Waals surface area contributed by atoms with Gasteiger partial charge in [-0.15, -0.1) is 11.8 Å². The predicted octanol–water partition coefficient (Wildman–Crippen LogP) is 2.93. The highest BCUT2D eigenvalue weighted by Gasteiger charge is 2.15. The molecule has 0 spiro atoms. The van der Waals surface area contributed by atoms with Crippen molar-refractivity contribution in [2.45, 2.75) is 19.2 Å². The summed E-state index contributed by atoms with van der Waals surface area (Å²) in [5, 5.41) is 2.86. The molecule has 7 heteroatoms. The molecule has 1 amide bonds. The number of thioether (sulfide) groups is 1. The number of methoxy groups -OCH3 is 2. The Morgan fingerprint density at radius 3 is 2.76 bits per heavy atom. The number of hydrogen-bond donors (Lipinski definition) is 1. The lowest BCUT2D eigenvalue weighted by molar-refractivity contribution is -0.118. The summed E-state index contributed by atoms with van der Waals surface area (Å²) in [4.78, 5) is 23.5. The van der Waals surface area contributed by atoms with E-state index in [1.165, 1.54) is 18.9 Å². The summed E-state index contributed by atoms with van der Waals surface area (Å²) in [7, 11) is 2.94. The maximum absolute atomic E-state index is 11.9. The van der Waals surface area contributed by atoms with Crippen molar-refractivity contribution >= 4 is 23.6 Å². The lowest BCUT2D eigenvalue weighted by atomic mass is 10.2. The first-order chi connectivity index (χ1) is 12.0. The first-order valence-electron chi connectivity index (χ1n) is 7.68. The topological polar surface area (TPSA) is 77.8 Å². The lowest BCUT2D eigenvalue weighted by Crippen LogP contribution is -2.24. The molecule has 0 saturated heterocycles. The van der Waals surface area contributed by atoms with Crippen molar-refractivity contribution in [1.29, 1.82) is 0 Å². The molecule has 0 fully saturated rings. The van der Waals surface area contributed by atoms with E-state index in [4.69, 9.17) is 9.15 Å². The number of carbonyl (C=O) groups excluding carboxylic acids is 2. The molecule has 1 aromatic heterocycles. The van der Waals surface area contributed by atoms with Crippen LogP contribution >= 0.6 is 11.8 Å². The van der Waals surface area contributed by atoms with Gasteiger partial charge in [0.05, 0.1) is 25.7 Å². The van der Waals surface area contributed by atoms with Gasteiger partial charge in [-0.25, -0.2) is 4.79 Å². The minimum Gasteiger partial charge on any atom is -0.497 e. The van der Waals surface area contributed by atoms with Crippen molar-refractivity contribution in [1.82, 2.24) is 5.32 Å². The molecule has 0 atom stereocenters. The standard InChI is InChI=1S/C18H21NO5S/c1-12-16(18(21)23-3)8-15(24-12)10-25-11-17(20)19-9-13-5-4-6-14(7-13)22-2/h4-8H,9-11H2,1-3H3,(H,19,20). The fraction of sp³-hybridized carbons (Fsp3) is 0.333. The van der Waals surface area contributed by atoms with Crippen LogP contribution in [0.1, 0.15) is 27.4 Å². The Morgan fingerprint density at radius 1 is 1.24 bits per heavy atom. The first kappa shape index (κ1) is 18.9. The normalized spacial score (nSPS) is 10.4. The Morgan fingerprint density at radius 2 is 2.04 bits per heavy atom. The van der Waals surface area contributed by atoms with Gasteiger partial charge in [-0.3, -0.25) is 4.79 Å². The van der Waals surface area contributed by atoms with E-state index in [9.17, 15) is 9.59 Å². The smallest absolute Gasteiger partial charge is 0.341 e. The molecule has 2 aromatic rings. The van der Waals surface area contributed by atoms with E-state index in [2.05, 4.69) is 10.1 Å². The van der Waals surface area contributed by atoms with Crippen molar-refractivity contribution in [3.8, 4) is 5.75 Å². The van der Waals surface area contributed by atoms with Crippen molar-refractivity contribution in [3.05, 3.63) is 53.0 Å². The Balaban J connectivity index is 1.76. The van der Waals surface area contributed by atoms with Gasteiger partial charge in [0.15, 0.2) is 0 Å². The van der Waals surface area contributed by atoms with Crippen LogP contribution in [-0.4, -0.2) is 31.8 Å². The second-order valence-corrected chi connectivity index (χ2v) is 6.28. The Kier molecular flexibility index (Phi) is 6.94. The van der Waals surface area contributed by atoms with Gasteiger partial charge < -0.3 is 19.2 Å². The lowest BCUT2D eigenvalue weighted by Gasteiger charge is -2.06. The van der Waals surface area contributed by atoms with Gasteiger partial charge in [-0.2, -0.15) is 0 Å². The molecule has 0 aliphatic rings. The van der Waals surface area contributed by atoms with Crippen LogP contribution in [0.15, 0.2) is 34.7 Å². The second kappa shape index (κ2) is 9.17. The van der Waals surface area contributed by atoms with Crippen molar-refractivity contribution in [3.63, 3.8) is 0 Å². The molecule has 134 valence electrons. The number of rotatable bonds is 8. The van der Waals surface area contributed by atoms with Gasteiger partial charge in [-0.1, -0.05) is 12.1 Å². The summed E-state index contributed by atoms with van der Waals surface area (Å²) < 4.78 is 15.3. The Labute approximate surface area is 150 Å². The molecule has 0 bridgehead atoms. The summed E-state index contributed by atoms with van der Waals surface area (Å²) in [6.07, 6.45) is 0. The van der Waals surface area contributed by atoms with Crippen LogP contribution in [0.2, 0.25) is 0 Å². The first-order valence-corrected chi connectivity index (χ1v) is 8.84. The number of esters is 1. The van der Waals surface area contributed by atoms with Crippen LogP contribution < -0.4 is 10.1 Å². The van der Waals surface area contributed by atoms with Crippen LogP contribution in [0.4, 0.5) is 0 Å². The predicted molar refractivity (Wildman–Crippen MR) is 95.8 cm³/mol. The number of carbonyl (C=O) groups is 2. The zero-order valence-corrected chi connectivity index (χ0v) is 15.3. The number of amides is 1. The van der Waals surface area contributed by atoms with Crippen LogP contribution in [0.25, 0.3) is 0 Å². The summed E-state index contributed by atoms with van der Waals surface area (Å²) in [5.41, 5.74) is 1.39. The highest BCUT2D eigenvalue weighted by molar-refractivity contribution is 7.99. The number of aryl methyl sites for hydroxylation is 1.